The summed E-state index contributed by atoms with van der Waals surface area (Å²) >= 11 is 0. The SMILES string of the molecule is BC(C)(CC)C1CCC(C)C1. The molecule has 0 spiro atoms. The fourth-order valence-corrected chi connectivity index (χ4v) is 2.21. The molecule has 0 aromatic rings. The summed E-state index contributed by atoms with van der Waals surface area (Å²) in [6, 6.07) is 0. The van der Waals surface area contributed by atoms with Crippen LogP contribution in [0.2, 0.25) is 5.31 Å². The van der Waals surface area contributed by atoms with Gasteiger partial charge in [0.2, 0.25) is 0 Å². The van der Waals surface area contributed by atoms with Crippen LogP contribution in [-0.4, -0.2) is 7.85 Å². The van der Waals surface area contributed by atoms with Crippen LogP contribution in [0.1, 0.15) is 46.5 Å². The molecule has 0 aliphatic heterocycles. The van der Waals surface area contributed by atoms with Crippen LogP contribution in [0.25, 0.3) is 0 Å². The van der Waals surface area contributed by atoms with Crippen LogP contribution < -0.4 is 0 Å². The van der Waals surface area contributed by atoms with E-state index in [1.54, 1.807) is 0 Å². The predicted octanol–water partition coefficient (Wildman–Crippen LogP) is 2.64. The Kier molecular flexibility index (Phi) is 2.67. The third kappa shape index (κ3) is 2.01. The van der Waals surface area contributed by atoms with Crippen LogP contribution in [-0.2, 0) is 0 Å². The first-order chi connectivity index (χ1) is 5.06. The highest BCUT2D eigenvalue weighted by Crippen LogP contribution is 2.46. The van der Waals surface area contributed by atoms with Gasteiger partial charge in [-0.1, -0.05) is 45.3 Å². The molecule has 0 amide bonds. The Hall–Kier alpha value is 0.0649. The van der Waals surface area contributed by atoms with Gasteiger partial charge >= 0.3 is 0 Å². The minimum atomic E-state index is 0.602. The molecule has 0 radical (unpaired) electrons. The summed E-state index contributed by atoms with van der Waals surface area (Å²) in [5, 5.41) is 0.602. The van der Waals surface area contributed by atoms with Gasteiger partial charge in [0, 0.05) is 0 Å². The van der Waals surface area contributed by atoms with Crippen LogP contribution >= 0.6 is 0 Å². The van der Waals surface area contributed by atoms with E-state index in [9.17, 15) is 0 Å². The Labute approximate surface area is 72.2 Å². The van der Waals surface area contributed by atoms with E-state index in [2.05, 4.69) is 28.6 Å². The second kappa shape index (κ2) is 3.20. The highest BCUT2D eigenvalue weighted by atomic mass is 14.3. The average molecular weight is 152 g/mol. The molecule has 11 heavy (non-hydrogen) atoms. The first-order valence-corrected chi connectivity index (χ1v) is 5.06. The van der Waals surface area contributed by atoms with Crippen LogP contribution in [0.5, 0.6) is 0 Å². The fraction of sp³-hybridized carbons (Fsp3) is 1.00. The van der Waals surface area contributed by atoms with Crippen molar-refractivity contribution in [2.24, 2.45) is 11.8 Å². The molecule has 1 rings (SSSR count). The molecule has 1 aliphatic carbocycles. The zero-order chi connectivity index (χ0) is 8.48. The highest BCUT2D eigenvalue weighted by Gasteiger charge is 2.32. The van der Waals surface area contributed by atoms with Crippen molar-refractivity contribution in [2.75, 3.05) is 0 Å². The van der Waals surface area contributed by atoms with E-state index in [1.807, 2.05) is 0 Å². The molecule has 1 heteroatoms. The summed E-state index contributed by atoms with van der Waals surface area (Å²) in [5.74, 6) is 1.99. The molecule has 0 N–H and O–H groups in total. The maximum absolute atomic E-state index is 2.43. The Bertz CT molecular complexity index is 129. The molecular formula is C10H21B. The standard InChI is InChI=1S/C10H21B/c1-4-10(3,11)9-6-5-8(2)7-9/h8-9H,4-7,11H2,1-3H3. The molecule has 0 aromatic carbocycles. The molecular weight excluding hydrogens is 131 g/mol. The fourth-order valence-electron chi connectivity index (χ4n) is 2.21. The van der Waals surface area contributed by atoms with Gasteiger partial charge in [0.15, 0.2) is 0 Å². The van der Waals surface area contributed by atoms with E-state index < -0.39 is 0 Å². The van der Waals surface area contributed by atoms with E-state index in [4.69, 9.17) is 0 Å². The van der Waals surface area contributed by atoms with Gasteiger partial charge in [-0.2, -0.15) is 0 Å². The van der Waals surface area contributed by atoms with E-state index in [1.165, 1.54) is 25.7 Å². The Balaban J connectivity index is 2.48. The molecule has 0 nitrogen and oxygen atoms in total. The number of rotatable bonds is 2. The number of hydrogen-bond donors (Lipinski definition) is 0. The summed E-state index contributed by atoms with van der Waals surface area (Å²) in [4.78, 5) is 0. The molecule has 3 atom stereocenters. The quantitative estimate of drug-likeness (QED) is 0.533. The largest absolute Gasteiger partial charge is 0.109 e. The van der Waals surface area contributed by atoms with Gasteiger partial charge in [0.25, 0.3) is 0 Å². The molecule has 0 aromatic heterocycles. The molecule has 1 saturated carbocycles. The predicted molar refractivity (Wildman–Crippen MR) is 53.7 cm³/mol. The lowest BCUT2D eigenvalue weighted by molar-refractivity contribution is 0.368. The lowest BCUT2D eigenvalue weighted by Gasteiger charge is -2.30. The molecule has 0 bridgehead atoms. The maximum atomic E-state index is 2.43. The van der Waals surface area contributed by atoms with Crippen LogP contribution in [0.15, 0.2) is 0 Å². The van der Waals surface area contributed by atoms with Gasteiger partial charge in [-0.25, -0.2) is 0 Å². The molecule has 0 heterocycles. The van der Waals surface area contributed by atoms with Crippen LogP contribution in [0.3, 0.4) is 0 Å². The second-order valence-electron chi connectivity index (χ2n) is 4.96. The second-order valence-corrected chi connectivity index (χ2v) is 4.96. The van der Waals surface area contributed by atoms with Gasteiger partial charge < -0.3 is 0 Å². The summed E-state index contributed by atoms with van der Waals surface area (Å²) in [7, 11) is 2.43. The minimum absolute atomic E-state index is 0.602. The van der Waals surface area contributed by atoms with Crippen molar-refractivity contribution in [1.82, 2.24) is 0 Å². The zero-order valence-electron chi connectivity index (χ0n) is 8.48. The zero-order valence-corrected chi connectivity index (χ0v) is 8.48. The van der Waals surface area contributed by atoms with Gasteiger partial charge in [-0.15, -0.1) is 0 Å². The van der Waals surface area contributed by atoms with E-state index in [-0.39, 0.29) is 0 Å². The van der Waals surface area contributed by atoms with Crippen molar-refractivity contribution in [1.29, 1.82) is 0 Å². The summed E-state index contributed by atoms with van der Waals surface area (Å²) < 4.78 is 0. The van der Waals surface area contributed by atoms with Crippen molar-refractivity contribution in [2.45, 2.75) is 51.8 Å². The van der Waals surface area contributed by atoms with Gasteiger partial charge in [0.1, 0.15) is 7.85 Å². The lowest BCUT2D eigenvalue weighted by atomic mass is 9.60. The number of hydrogen-bond acceptors (Lipinski definition) is 0. The van der Waals surface area contributed by atoms with Crippen molar-refractivity contribution in [3.05, 3.63) is 0 Å². The average Bonchev–Trinajstić information content (AvgIpc) is 2.36. The van der Waals surface area contributed by atoms with E-state index in [0.717, 1.165) is 11.8 Å². The normalized spacial score (nSPS) is 37.0. The lowest BCUT2D eigenvalue weighted by Crippen LogP contribution is -2.17. The molecule has 1 fully saturated rings. The van der Waals surface area contributed by atoms with Crippen LogP contribution in [0.4, 0.5) is 0 Å². The first-order valence-electron chi connectivity index (χ1n) is 5.06. The van der Waals surface area contributed by atoms with Crippen LogP contribution in [0, 0.1) is 11.8 Å². The van der Waals surface area contributed by atoms with Gasteiger partial charge in [-0.05, 0) is 18.3 Å². The van der Waals surface area contributed by atoms with Crippen molar-refractivity contribution >= 4 is 7.85 Å². The topological polar surface area (TPSA) is 0 Å². The first kappa shape index (κ1) is 9.16. The van der Waals surface area contributed by atoms with Crippen molar-refractivity contribution in [3.63, 3.8) is 0 Å². The van der Waals surface area contributed by atoms with Gasteiger partial charge in [0.05, 0.1) is 0 Å². The van der Waals surface area contributed by atoms with E-state index in [0.29, 0.717) is 5.31 Å². The maximum Gasteiger partial charge on any atom is 0.109 e. The summed E-state index contributed by atoms with van der Waals surface area (Å²) in [5.41, 5.74) is 0. The van der Waals surface area contributed by atoms with Crippen molar-refractivity contribution < 1.29 is 0 Å². The smallest absolute Gasteiger partial charge is 0.0667 e. The molecule has 64 valence electrons. The third-order valence-electron chi connectivity index (χ3n) is 3.71. The Morgan fingerprint density at radius 1 is 1.45 bits per heavy atom. The minimum Gasteiger partial charge on any atom is -0.0667 e. The summed E-state index contributed by atoms with van der Waals surface area (Å²) in [6.45, 7) is 7.14. The van der Waals surface area contributed by atoms with Gasteiger partial charge in [-0.3, -0.25) is 0 Å². The monoisotopic (exact) mass is 152 g/mol. The Morgan fingerprint density at radius 3 is 2.45 bits per heavy atom. The molecule has 0 saturated heterocycles. The molecule has 3 unspecified atom stereocenters. The van der Waals surface area contributed by atoms with E-state index >= 15 is 0 Å². The molecule has 1 aliphatic rings. The van der Waals surface area contributed by atoms with Crippen molar-refractivity contribution in [3.8, 4) is 0 Å². The third-order valence-corrected chi connectivity index (χ3v) is 3.71. The Morgan fingerprint density at radius 2 is 2.09 bits per heavy atom. The highest BCUT2D eigenvalue weighted by molar-refractivity contribution is 6.15. The summed E-state index contributed by atoms with van der Waals surface area (Å²) in [6.07, 6.45) is 5.75.